The maximum absolute atomic E-state index is 13.3. The predicted octanol–water partition coefficient (Wildman–Crippen LogP) is 3.61. The summed E-state index contributed by atoms with van der Waals surface area (Å²) < 4.78 is 66.5. The van der Waals surface area contributed by atoms with Crippen LogP contribution >= 0.6 is 0 Å². The molecule has 0 aliphatic carbocycles. The Morgan fingerprint density at radius 1 is 0.724 bits per heavy atom. The predicted molar refractivity (Wildman–Crippen MR) is 106 cm³/mol. The molecule has 0 unspecified atom stereocenters. The third-order valence-corrected chi connectivity index (χ3v) is 8.28. The summed E-state index contributed by atoms with van der Waals surface area (Å²) in [6.07, 6.45) is 0. The van der Waals surface area contributed by atoms with Crippen LogP contribution in [0.2, 0.25) is 0 Å². The molecule has 0 heterocycles. The zero-order valence-corrected chi connectivity index (χ0v) is 16.8. The molecule has 0 N–H and O–H groups in total. The Labute approximate surface area is 168 Å². The summed E-state index contributed by atoms with van der Waals surface area (Å²) in [6.45, 7) is 1.33. The van der Waals surface area contributed by atoms with Crippen LogP contribution in [0, 0.1) is 5.82 Å². The van der Waals surface area contributed by atoms with Crippen molar-refractivity contribution < 1.29 is 26.0 Å². The summed E-state index contributed by atoms with van der Waals surface area (Å²) in [5, 5.41) is 0. The molecule has 9 heteroatoms. The number of sulfonamides is 2. The molecule has 0 fully saturated rings. The van der Waals surface area contributed by atoms with Gasteiger partial charge in [-0.05, 0) is 55.5 Å². The van der Waals surface area contributed by atoms with Gasteiger partial charge < -0.3 is 0 Å². The van der Waals surface area contributed by atoms with Crippen LogP contribution in [0.25, 0.3) is 0 Å². The zero-order valence-electron chi connectivity index (χ0n) is 15.2. The molecule has 0 amide bonds. The highest BCUT2D eigenvalue weighted by atomic mass is 32.3. The van der Waals surface area contributed by atoms with Crippen molar-refractivity contribution in [1.82, 2.24) is 0 Å². The van der Waals surface area contributed by atoms with E-state index in [1.807, 2.05) is 0 Å². The Balaban J connectivity index is 2.21. The lowest BCUT2D eigenvalue weighted by atomic mass is 10.2. The van der Waals surface area contributed by atoms with Gasteiger partial charge in [-0.1, -0.05) is 30.3 Å². The van der Waals surface area contributed by atoms with E-state index in [2.05, 4.69) is 0 Å². The fourth-order valence-corrected chi connectivity index (χ4v) is 6.31. The molecule has 3 rings (SSSR count). The first-order chi connectivity index (χ1) is 13.6. The Kier molecular flexibility index (Phi) is 5.54. The van der Waals surface area contributed by atoms with Crippen LogP contribution in [0.15, 0.2) is 88.7 Å². The quantitative estimate of drug-likeness (QED) is 0.554. The molecule has 0 aliphatic heterocycles. The number of halogens is 1. The lowest BCUT2D eigenvalue weighted by Crippen LogP contribution is -2.37. The molecule has 0 aromatic heterocycles. The first-order valence-electron chi connectivity index (χ1n) is 8.36. The van der Waals surface area contributed by atoms with Crippen LogP contribution in [-0.2, 0) is 20.0 Å². The van der Waals surface area contributed by atoms with Gasteiger partial charge in [-0.25, -0.2) is 21.2 Å². The van der Waals surface area contributed by atoms with E-state index in [-0.39, 0.29) is 26.8 Å². The molecule has 0 aliphatic rings. The second kappa shape index (κ2) is 7.76. The lowest BCUT2D eigenvalue weighted by molar-refractivity contribution is 0.101. The standard InChI is InChI=1S/C20H16FNO5S2/c1-15(23)16-7-11-19(12-8-16)28(24,25)22(18-5-3-2-4-6-18)29(26,27)20-13-9-17(21)10-14-20/h2-14H,1H3. The monoisotopic (exact) mass is 433 g/mol. The number of rotatable bonds is 6. The zero-order chi connectivity index (χ0) is 21.2. The minimum absolute atomic E-state index is 0.104. The van der Waals surface area contributed by atoms with E-state index in [9.17, 15) is 26.0 Å². The number of benzene rings is 3. The maximum atomic E-state index is 13.3. The highest BCUT2D eigenvalue weighted by Crippen LogP contribution is 2.30. The van der Waals surface area contributed by atoms with Crippen LogP contribution in [0.3, 0.4) is 0 Å². The highest BCUT2D eigenvalue weighted by molar-refractivity contribution is 8.10. The molecule has 3 aromatic rings. The van der Waals surface area contributed by atoms with Crippen molar-refractivity contribution in [3.63, 3.8) is 0 Å². The van der Waals surface area contributed by atoms with Crippen LogP contribution in [0.5, 0.6) is 0 Å². The van der Waals surface area contributed by atoms with Gasteiger partial charge in [0.15, 0.2) is 5.78 Å². The average Bonchev–Trinajstić information content (AvgIpc) is 2.69. The summed E-state index contributed by atoms with van der Waals surface area (Å²) in [5.74, 6) is -0.911. The lowest BCUT2D eigenvalue weighted by Gasteiger charge is -2.24. The fourth-order valence-electron chi connectivity index (χ4n) is 2.62. The van der Waals surface area contributed by atoms with E-state index in [1.54, 1.807) is 6.07 Å². The minimum Gasteiger partial charge on any atom is -0.295 e. The van der Waals surface area contributed by atoms with Crippen molar-refractivity contribution in [2.45, 2.75) is 16.7 Å². The third-order valence-electron chi connectivity index (χ3n) is 4.07. The van der Waals surface area contributed by atoms with Gasteiger partial charge in [-0.15, -0.1) is 0 Å². The first kappa shape index (κ1) is 20.7. The van der Waals surface area contributed by atoms with E-state index < -0.39 is 25.9 Å². The average molecular weight is 433 g/mol. The summed E-state index contributed by atoms with van der Waals surface area (Å²) in [6, 6.07) is 16.1. The molecule has 6 nitrogen and oxygen atoms in total. The van der Waals surface area contributed by atoms with Gasteiger partial charge in [-0.2, -0.15) is 3.71 Å². The summed E-state index contributed by atoms with van der Waals surface area (Å²) in [7, 11) is -9.16. The number of hydrogen-bond acceptors (Lipinski definition) is 5. The number of anilines is 1. The first-order valence-corrected chi connectivity index (χ1v) is 11.2. The largest absolute Gasteiger partial charge is 0.295 e. The molecular formula is C20H16FNO5S2. The number of Topliss-reactive ketones (excluding diaryl/α,β-unsaturated/α-hetero) is 1. The molecule has 0 saturated heterocycles. The summed E-state index contributed by atoms with van der Waals surface area (Å²) >= 11 is 0. The Morgan fingerprint density at radius 3 is 1.62 bits per heavy atom. The van der Waals surface area contributed by atoms with Crippen molar-refractivity contribution in [3.8, 4) is 0 Å². The van der Waals surface area contributed by atoms with Gasteiger partial charge in [0.2, 0.25) is 0 Å². The second-order valence-corrected chi connectivity index (χ2v) is 9.88. The summed E-state index contributed by atoms with van der Waals surface area (Å²) in [5.41, 5.74) is 0.184. The number of carbonyl (C=O) groups is 1. The van der Waals surface area contributed by atoms with E-state index >= 15 is 0 Å². The SMILES string of the molecule is CC(=O)c1ccc(S(=O)(=O)N(c2ccccc2)S(=O)(=O)c2ccc(F)cc2)cc1. The molecule has 0 spiro atoms. The number of carbonyl (C=O) groups excluding carboxylic acids is 1. The van der Waals surface area contributed by atoms with Crippen molar-refractivity contribution in [2.75, 3.05) is 3.71 Å². The van der Waals surface area contributed by atoms with Crippen LogP contribution in [-0.4, -0.2) is 22.6 Å². The van der Waals surface area contributed by atoms with Gasteiger partial charge in [0.1, 0.15) is 5.82 Å². The molecular weight excluding hydrogens is 417 g/mol. The molecule has 0 atom stereocenters. The normalized spacial score (nSPS) is 11.8. The van der Waals surface area contributed by atoms with Crippen molar-refractivity contribution in [3.05, 3.63) is 90.2 Å². The molecule has 0 bridgehead atoms. The minimum atomic E-state index is -4.59. The van der Waals surface area contributed by atoms with E-state index in [1.165, 1.54) is 55.5 Å². The number of nitrogens with zero attached hydrogens (tertiary/aromatic N) is 1. The Morgan fingerprint density at radius 2 is 1.17 bits per heavy atom. The van der Waals surface area contributed by atoms with E-state index in [0.29, 0.717) is 3.71 Å². The van der Waals surface area contributed by atoms with Crippen LogP contribution in [0.1, 0.15) is 17.3 Å². The van der Waals surface area contributed by atoms with Crippen LogP contribution < -0.4 is 3.71 Å². The number of ketones is 1. The van der Waals surface area contributed by atoms with Crippen molar-refractivity contribution in [2.24, 2.45) is 0 Å². The highest BCUT2D eigenvalue weighted by Gasteiger charge is 2.36. The van der Waals surface area contributed by atoms with Gasteiger partial charge >= 0.3 is 0 Å². The molecule has 150 valence electrons. The molecule has 29 heavy (non-hydrogen) atoms. The van der Waals surface area contributed by atoms with Crippen molar-refractivity contribution >= 4 is 31.5 Å². The maximum Gasteiger partial charge on any atom is 0.277 e. The van der Waals surface area contributed by atoms with Gasteiger partial charge in [-0.3, -0.25) is 4.79 Å². The van der Waals surface area contributed by atoms with Crippen molar-refractivity contribution in [1.29, 1.82) is 0 Å². The van der Waals surface area contributed by atoms with E-state index in [0.717, 1.165) is 24.3 Å². The topological polar surface area (TPSA) is 88.6 Å². The molecule has 3 aromatic carbocycles. The van der Waals surface area contributed by atoms with Gasteiger partial charge in [0.05, 0.1) is 15.5 Å². The van der Waals surface area contributed by atoms with Crippen LogP contribution in [0.4, 0.5) is 10.1 Å². The number of para-hydroxylation sites is 1. The molecule has 0 radical (unpaired) electrons. The summed E-state index contributed by atoms with van der Waals surface area (Å²) in [4.78, 5) is 10.8. The third kappa shape index (κ3) is 4.06. The van der Waals surface area contributed by atoms with E-state index in [4.69, 9.17) is 0 Å². The van der Waals surface area contributed by atoms with Gasteiger partial charge in [0.25, 0.3) is 20.0 Å². The fraction of sp³-hybridized carbons (Fsp3) is 0.0500. The second-order valence-electron chi connectivity index (χ2n) is 6.08. The Bertz CT molecular complexity index is 1240. The van der Waals surface area contributed by atoms with Gasteiger partial charge in [0, 0.05) is 5.56 Å². The number of hydrogen-bond donors (Lipinski definition) is 0. The Hall–Kier alpha value is -3.04. The molecule has 0 saturated carbocycles. The smallest absolute Gasteiger partial charge is 0.277 e.